The third-order valence-corrected chi connectivity index (χ3v) is 6.02. The number of hydrogen-bond acceptors (Lipinski definition) is 7. The van der Waals surface area contributed by atoms with Gasteiger partial charge in [0.2, 0.25) is 0 Å². The lowest BCUT2D eigenvalue weighted by Crippen LogP contribution is -2.31. The summed E-state index contributed by atoms with van der Waals surface area (Å²) in [6.45, 7) is 3.33. The number of nitrogens with zero attached hydrogens (tertiary/aromatic N) is 2. The zero-order valence-electron chi connectivity index (χ0n) is 19.8. The Labute approximate surface area is 204 Å². The minimum atomic E-state index is -1.42. The molecule has 0 aliphatic heterocycles. The number of aromatic nitrogens is 1. The van der Waals surface area contributed by atoms with E-state index < -0.39 is 27.9 Å². The van der Waals surface area contributed by atoms with Crippen molar-refractivity contribution in [1.82, 2.24) is 9.88 Å². The zero-order valence-corrected chi connectivity index (χ0v) is 20.7. The first-order valence-corrected chi connectivity index (χ1v) is 12.6. The Bertz CT molecular complexity index is 1460. The van der Waals surface area contributed by atoms with Gasteiger partial charge in [-0.3, -0.25) is 14.2 Å². The van der Waals surface area contributed by atoms with Crippen molar-refractivity contribution in [3.05, 3.63) is 75.3 Å². The summed E-state index contributed by atoms with van der Waals surface area (Å²) in [5.74, 6) is -0.494. The lowest BCUT2D eigenvalue weighted by atomic mass is 10.1. The number of pyridine rings is 1. The van der Waals surface area contributed by atoms with E-state index in [1.54, 1.807) is 50.2 Å². The smallest absolute Gasteiger partial charge is 0.259 e. The summed E-state index contributed by atoms with van der Waals surface area (Å²) >= 11 is 0. The van der Waals surface area contributed by atoms with Crippen molar-refractivity contribution in [2.75, 3.05) is 11.6 Å². The summed E-state index contributed by atoms with van der Waals surface area (Å²) in [6.07, 6.45) is 3.17. The van der Waals surface area contributed by atoms with Crippen LogP contribution in [0.15, 0.2) is 51.6 Å². The van der Waals surface area contributed by atoms with Crippen LogP contribution in [0.4, 0.5) is 21.6 Å². The molecule has 1 aliphatic carbocycles. The van der Waals surface area contributed by atoms with Gasteiger partial charge in [0.1, 0.15) is 22.9 Å². The number of benzene rings is 2. The first-order chi connectivity index (χ1) is 16.6. The van der Waals surface area contributed by atoms with E-state index >= 15 is 0 Å². The molecule has 2 aromatic carbocycles. The number of rotatable bonds is 7. The molecule has 0 bridgehead atoms. The highest BCUT2D eigenvalue weighted by atomic mass is 32.2. The van der Waals surface area contributed by atoms with E-state index in [9.17, 15) is 18.2 Å². The van der Waals surface area contributed by atoms with Crippen molar-refractivity contribution in [2.45, 2.75) is 32.7 Å². The van der Waals surface area contributed by atoms with E-state index in [0.717, 1.165) is 18.4 Å². The summed E-state index contributed by atoms with van der Waals surface area (Å²) in [4.78, 5) is 26.5. The average molecular weight is 498 g/mol. The SMILES string of the molecule is Cc1ccc(Nc2c(C(=O)NC3CC3)c(Oc3cccc(N=[S-](C)=O)c3)c(C)c(=O)n2C)c(F)c1. The number of hydrogen-bond donors (Lipinski definition) is 2. The van der Waals surface area contributed by atoms with Crippen molar-refractivity contribution < 1.29 is 18.1 Å². The molecule has 0 atom stereocenters. The molecule has 1 aromatic heterocycles. The number of ether oxygens (including phenoxy) is 1. The lowest BCUT2D eigenvalue weighted by molar-refractivity contribution is 0.0948. The number of aryl methyl sites for hydroxylation is 1. The van der Waals surface area contributed by atoms with Gasteiger partial charge in [0.05, 0.1) is 11.3 Å². The number of nitrogens with one attached hydrogen (secondary N) is 2. The maximum Gasteiger partial charge on any atom is 0.259 e. The Morgan fingerprint density at radius 3 is 2.60 bits per heavy atom. The summed E-state index contributed by atoms with van der Waals surface area (Å²) in [6, 6.07) is 11.2. The van der Waals surface area contributed by atoms with Gasteiger partial charge in [-0.2, -0.15) is 10.6 Å². The molecule has 2 N–H and O–H groups in total. The lowest BCUT2D eigenvalue weighted by Gasteiger charge is -2.21. The molecule has 0 radical (unpaired) electrons. The second kappa shape index (κ2) is 9.91. The zero-order chi connectivity index (χ0) is 25.3. The standard InChI is InChI=1S/C25H26FN4O4S/c1-14-8-11-20(19(26)12-14)28-23-21(24(31)27-16-9-10-16)22(15(2)25(32)30(23)3)34-18-7-5-6-17(13-18)29-35(4)33/h5-8,11-13,16,28H,9-10H2,1-4H3,(H,27,31)/q-1. The predicted octanol–water partition coefficient (Wildman–Crippen LogP) is 4.98. The van der Waals surface area contributed by atoms with E-state index in [0.29, 0.717) is 11.4 Å². The van der Waals surface area contributed by atoms with Crippen LogP contribution in [-0.4, -0.2) is 22.8 Å². The van der Waals surface area contributed by atoms with E-state index in [1.807, 2.05) is 0 Å². The number of carbonyl (C=O) groups is 1. The Morgan fingerprint density at radius 1 is 1.20 bits per heavy atom. The summed E-state index contributed by atoms with van der Waals surface area (Å²) in [7, 11) is 0.0936. The second-order valence-electron chi connectivity index (χ2n) is 8.51. The topological polar surface area (TPSA) is 102 Å². The molecule has 184 valence electrons. The molecule has 4 rings (SSSR count). The molecular weight excluding hydrogens is 471 g/mol. The molecule has 1 fully saturated rings. The number of anilines is 2. The molecular formula is C25H26FN4O4S-. The molecule has 1 saturated carbocycles. The molecule has 3 aromatic rings. The molecule has 0 spiro atoms. The predicted molar refractivity (Wildman–Crippen MR) is 134 cm³/mol. The highest BCUT2D eigenvalue weighted by molar-refractivity contribution is 7.74. The Balaban J connectivity index is 1.87. The van der Waals surface area contributed by atoms with Crippen LogP contribution in [0.2, 0.25) is 0 Å². The summed E-state index contributed by atoms with van der Waals surface area (Å²) in [5, 5.41) is 5.86. The maximum absolute atomic E-state index is 14.7. The fraction of sp³-hybridized carbons (Fsp3) is 0.280. The molecule has 10 heteroatoms. The van der Waals surface area contributed by atoms with Crippen LogP contribution in [0.5, 0.6) is 11.5 Å². The van der Waals surface area contributed by atoms with Crippen LogP contribution in [0.25, 0.3) is 0 Å². The van der Waals surface area contributed by atoms with Crippen LogP contribution in [0.1, 0.15) is 34.3 Å². The molecule has 0 saturated heterocycles. The number of halogens is 1. The van der Waals surface area contributed by atoms with Gasteiger partial charge in [0.15, 0.2) is 5.75 Å². The van der Waals surface area contributed by atoms with E-state index in [2.05, 4.69) is 15.0 Å². The number of amides is 1. The van der Waals surface area contributed by atoms with Crippen LogP contribution >= 0.6 is 0 Å². The van der Waals surface area contributed by atoms with Gasteiger partial charge < -0.3 is 23.9 Å². The van der Waals surface area contributed by atoms with Crippen molar-refractivity contribution in [3.8, 4) is 11.5 Å². The number of carbonyl (C=O) groups excluding carboxylic acids is 1. The third kappa shape index (κ3) is 5.54. The molecule has 1 amide bonds. The summed E-state index contributed by atoms with van der Waals surface area (Å²) < 4.78 is 37.5. The van der Waals surface area contributed by atoms with Gasteiger partial charge in [-0.1, -0.05) is 12.1 Å². The molecule has 8 nitrogen and oxygen atoms in total. The van der Waals surface area contributed by atoms with Crippen LogP contribution in [0, 0.1) is 19.7 Å². The molecule has 1 heterocycles. The van der Waals surface area contributed by atoms with E-state index in [-0.39, 0.29) is 34.4 Å². The van der Waals surface area contributed by atoms with Crippen molar-refractivity contribution in [3.63, 3.8) is 0 Å². The Hall–Kier alpha value is -3.66. The minimum Gasteiger partial charge on any atom is -0.456 e. The fourth-order valence-corrected chi connectivity index (χ4v) is 4.01. The molecule has 0 unspecified atom stereocenters. The molecule has 1 aliphatic rings. The van der Waals surface area contributed by atoms with Crippen LogP contribution in [-0.2, 0) is 21.9 Å². The monoisotopic (exact) mass is 497 g/mol. The van der Waals surface area contributed by atoms with Gasteiger partial charge in [0.25, 0.3) is 11.5 Å². The van der Waals surface area contributed by atoms with Gasteiger partial charge in [0, 0.05) is 24.8 Å². The fourth-order valence-electron chi connectivity index (χ4n) is 3.60. The normalized spacial score (nSPS) is 14.0. The molecule has 35 heavy (non-hydrogen) atoms. The van der Waals surface area contributed by atoms with Gasteiger partial charge in [-0.25, -0.2) is 4.39 Å². The Morgan fingerprint density at radius 2 is 1.94 bits per heavy atom. The highest BCUT2D eigenvalue weighted by Gasteiger charge is 2.30. The second-order valence-corrected chi connectivity index (χ2v) is 9.54. The van der Waals surface area contributed by atoms with Gasteiger partial charge in [-0.15, -0.1) is 6.26 Å². The van der Waals surface area contributed by atoms with Crippen LogP contribution in [0.3, 0.4) is 0 Å². The summed E-state index contributed by atoms with van der Waals surface area (Å²) in [5.41, 5.74) is 1.16. The van der Waals surface area contributed by atoms with Gasteiger partial charge in [-0.05, 0) is 56.5 Å². The van der Waals surface area contributed by atoms with Crippen molar-refractivity contribution in [1.29, 1.82) is 0 Å². The first-order valence-electron chi connectivity index (χ1n) is 11.0. The Kier molecular flexibility index (Phi) is 6.93. The van der Waals surface area contributed by atoms with Gasteiger partial charge >= 0.3 is 0 Å². The largest absolute Gasteiger partial charge is 0.456 e. The average Bonchev–Trinajstić information content (AvgIpc) is 3.61. The minimum absolute atomic E-state index is 0.0403. The van der Waals surface area contributed by atoms with Crippen molar-refractivity contribution in [2.24, 2.45) is 11.4 Å². The van der Waals surface area contributed by atoms with E-state index in [1.165, 1.54) is 23.9 Å². The highest BCUT2D eigenvalue weighted by Crippen LogP contribution is 2.35. The first kappa shape index (κ1) is 24.5. The van der Waals surface area contributed by atoms with Crippen LogP contribution < -0.4 is 20.9 Å². The van der Waals surface area contributed by atoms with E-state index in [4.69, 9.17) is 4.74 Å². The quantitative estimate of drug-likeness (QED) is 0.449. The maximum atomic E-state index is 14.7. The van der Waals surface area contributed by atoms with Crippen molar-refractivity contribution >= 4 is 33.7 Å². The third-order valence-electron chi connectivity index (χ3n) is 5.55.